The van der Waals surface area contributed by atoms with Gasteiger partial charge in [0.2, 0.25) is 0 Å². The minimum Gasteiger partial charge on any atom is -0.380 e. The molecule has 1 aliphatic carbocycles. The van der Waals surface area contributed by atoms with Gasteiger partial charge in [0, 0.05) is 37.8 Å². The average Bonchev–Trinajstić information content (AvgIpc) is 3.25. The molecular weight excluding hydrogens is 248 g/mol. The standard InChI is InChI=1S/C17H34N2O/c1-5-6-10-20-11-9-19-12-16(14(2)3)18-13-17(19,4)15-7-8-15/h14-16,18H,5-13H2,1-4H3. The van der Waals surface area contributed by atoms with E-state index < -0.39 is 0 Å². The van der Waals surface area contributed by atoms with E-state index in [1.807, 2.05) is 0 Å². The molecule has 1 aliphatic heterocycles. The van der Waals surface area contributed by atoms with Gasteiger partial charge in [0.1, 0.15) is 0 Å². The minimum atomic E-state index is 0.361. The van der Waals surface area contributed by atoms with Crippen LogP contribution in [0.4, 0.5) is 0 Å². The van der Waals surface area contributed by atoms with Gasteiger partial charge in [0.05, 0.1) is 6.61 Å². The maximum Gasteiger partial charge on any atom is 0.0593 e. The zero-order chi connectivity index (χ0) is 14.6. The van der Waals surface area contributed by atoms with Crippen LogP contribution < -0.4 is 5.32 Å². The number of hydrogen-bond donors (Lipinski definition) is 1. The topological polar surface area (TPSA) is 24.5 Å². The van der Waals surface area contributed by atoms with Crippen molar-refractivity contribution in [1.29, 1.82) is 0 Å². The summed E-state index contributed by atoms with van der Waals surface area (Å²) in [6, 6.07) is 0.637. The van der Waals surface area contributed by atoms with Crippen LogP contribution in [0.5, 0.6) is 0 Å². The van der Waals surface area contributed by atoms with Crippen molar-refractivity contribution < 1.29 is 4.74 Å². The largest absolute Gasteiger partial charge is 0.380 e. The predicted molar refractivity (Wildman–Crippen MR) is 85.1 cm³/mol. The monoisotopic (exact) mass is 282 g/mol. The zero-order valence-corrected chi connectivity index (χ0v) is 14.0. The van der Waals surface area contributed by atoms with E-state index in [1.165, 1.54) is 32.2 Å². The van der Waals surface area contributed by atoms with Crippen molar-refractivity contribution in [2.45, 2.75) is 65.0 Å². The molecule has 1 heterocycles. The number of unbranched alkanes of at least 4 members (excludes halogenated alkanes) is 1. The van der Waals surface area contributed by atoms with E-state index in [4.69, 9.17) is 4.74 Å². The highest BCUT2D eigenvalue weighted by Gasteiger charge is 2.48. The lowest BCUT2D eigenvalue weighted by Gasteiger charge is -2.49. The third kappa shape index (κ3) is 3.96. The molecule has 0 spiro atoms. The first-order chi connectivity index (χ1) is 9.58. The second-order valence-corrected chi connectivity index (χ2v) is 7.27. The summed E-state index contributed by atoms with van der Waals surface area (Å²) in [5, 5.41) is 3.79. The molecule has 3 heteroatoms. The van der Waals surface area contributed by atoms with Crippen LogP contribution in [-0.4, -0.2) is 49.3 Å². The fourth-order valence-electron chi connectivity index (χ4n) is 3.38. The first-order valence-corrected chi connectivity index (χ1v) is 8.64. The van der Waals surface area contributed by atoms with Crippen molar-refractivity contribution in [3.63, 3.8) is 0 Å². The van der Waals surface area contributed by atoms with Gasteiger partial charge >= 0.3 is 0 Å². The number of piperazine rings is 1. The second-order valence-electron chi connectivity index (χ2n) is 7.27. The predicted octanol–water partition coefficient (Wildman–Crippen LogP) is 2.90. The van der Waals surface area contributed by atoms with Crippen molar-refractivity contribution in [2.24, 2.45) is 11.8 Å². The Morgan fingerprint density at radius 3 is 2.65 bits per heavy atom. The highest BCUT2D eigenvalue weighted by Crippen LogP contribution is 2.44. The van der Waals surface area contributed by atoms with Crippen LogP contribution in [0, 0.1) is 11.8 Å². The van der Waals surface area contributed by atoms with Gasteiger partial charge in [-0.05, 0) is 38.0 Å². The Bertz CT molecular complexity index is 291. The minimum absolute atomic E-state index is 0.361. The van der Waals surface area contributed by atoms with Crippen LogP contribution >= 0.6 is 0 Å². The number of nitrogens with one attached hydrogen (secondary N) is 1. The van der Waals surface area contributed by atoms with Crippen LogP contribution in [-0.2, 0) is 4.74 Å². The lowest BCUT2D eigenvalue weighted by molar-refractivity contribution is 0.0000939. The van der Waals surface area contributed by atoms with Crippen LogP contribution in [0.1, 0.15) is 53.4 Å². The van der Waals surface area contributed by atoms with Crippen molar-refractivity contribution in [2.75, 3.05) is 32.8 Å². The molecule has 118 valence electrons. The molecule has 1 saturated carbocycles. The van der Waals surface area contributed by atoms with E-state index in [0.717, 1.165) is 32.2 Å². The molecule has 0 amide bonds. The number of ether oxygens (including phenoxy) is 1. The summed E-state index contributed by atoms with van der Waals surface area (Å²) in [4.78, 5) is 2.72. The summed E-state index contributed by atoms with van der Waals surface area (Å²) in [6.07, 6.45) is 5.24. The highest BCUT2D eigenvalue weighted by molar-refractivity contribution is 5.05. The fraction of sp³-hybridized carbons (Fsp3) is 1.00. The van der Waals surface area contributed by atoms with Gasteiger partial charge in [-0.3, -0.25) is 4.90 Å². The van der Waals surface area contributed by atoms with E-state index >= 15 is 0 Å². The smallest absolute Gasteiger partial charge is 0.0593 e. The molecule has 1 saturated heterocycles. The average molecular weight is 282 g/mol. The van der Waals surface area contributed by atoms with Gasteiger partial charge in [-0.1, -0.05) is 27.2 Å². The Balaban J connectivity index is 1.85. The van der Waals surface area contributed by atoms with E-state index in [0.29, 0.717) is 17.5 Å². The van der Waals surface area contributed by atoms with Gasteiger partial charge in [-0.15, -0.1) is 0 Å². The zero-order valence-electron chi connectivity index (χ0n) is 14.0. The molecule has 0 bridgehead atoms. The molecule has 2 unspecified atom stereocenters. The molecule has 3 nitrogen and oxygen atoms in total. The first-order valence-electron chi connectivity index (χ1n) is 8.64. The molecule has 2 fully saturated rings. The third-order valence-corrected chi connectivity index (χ3v) is 5.27. The number of hydrogen-bond acceptors (Lipinski definition) is 3. The van der Waals surface area contributed by atoms with Crippen LogP contribution in [0.2, 0.25) is 0 Å². The number of rotatable bonds is 8. The molecular formula is C17H34N2O. The Labute approximate surface area is 125 Å². The first kappa shape index (κ1) is 16.3. The van der Waals surface area contributed by atoms with Crippen LogP contribution in [0.3, 0.4) is 0 Å². The molecule has 1 N–H and O–H groups in total. The Hall–Kier alpha value is -0.120. The number of nitrogens with zero attached hydrogens (tertiary/aromatic N) is 1. The molecule has 0 aromatic heterocycles. The van der Waals surface area contributed by atoms with Gasteiger partial charge < -0.3 is 10.1 Å². The van der Waals surface area contributed by atoms with Crippen LogP contribution in [0.15, 0.2) is 0 Å². The van der Waals surface area contributed by atoms with Crippen molar-refractivity contribution in [3.8, 4) is 0 Å². The summed E-state index contributed by atoms with van der Waals surface area (Å²) in [5.41, 5.74) is 0.361. The maximum absolute atomic E-state index is 5.80. The van der Waals surface area contributed by atoms with Gasteiger partial charge in [0.15, 0.2) is 0 Å². The molecule has 0 aromatic rings. The van der Waals surface area contributed by atoms with Gasteiger partial charge in [-0.2, -0.15) is 0 Å². The molecule has 0 radical (unpaired) electrons. The second kappa shape index (κ2) is 7.24. The van der Waals surface area contributed by atoms with Crippen LogP contribution in [0.25, 0.3) is 0 Å². The quantitative estimate of drug-likeness (QED) is 0.693. The summed E-state index contributed by atoms with van der Waals surface area (Å²) in [5.74, 6) is 1.61. The van der Waals surface area contributed by atoms with Crippen molar-refractivity contribution in [1.82, 2.24) is 10.2 Å². The Morgan fingerprint density at radius 2 is 2.05 bits per heavy atom. The molecule has 2 atom stereocenters. The van der Waals surface area contributed by atoms with Crippen molar-refractivity contribution in [3.05, 3.63) is 0 Å². The van der Waals surface area contributed by atoms with Gasteiger partial charge in [-0.25, -0.2) is 0 Å². The molecule has 20 heavy (non-hydrogen) atoms. The van der Waals surface area contributed by atoms with E-state index in [1.54, 1.807) is 0 Å². The van der Waals surface area contributed by atoms with E-state index in [2.05, 4.69) is 37.9 Å². The van der Waals surface area contributed by atoms with E-state index in [9.17, 15) is 0 Å². The third-order valence-electron chi connectivity index (χ3n) is 5.27. The van der Waals surface area contributed by atoms with Gasteiger partial charge in [0.25, 0.3) is 0 Å². The normalized spacial score (nSPS) is 31.9. The highest BCUT2D eigenvalue weighted by atomic mass is 16.5. The Morgan fingerprint density at radius 1 is 1.30 bits per heavy atom. The maximum atomic E-state index is 5.80. The fourth-order valence-corrected chi connectivity index (χ4v) is 3.38. The summed E-state index contributed by atoms with van der Waals surface area (Å²) < 4.78 is 5.80. The summed E-state index contributed by atoms with van der Waals surface area (Å²) in [6.45, 7) is 14.6. The SMILES string of the molecule is CCCCOCCN1CC(C(C)C)NCC1(C)C1CC1. The van der Waals surface area contributed by atoms with Crippen molar-refractivity contribution >= 4 is 0 Å². The summed E-state index contributed by atoms with van der Waals surface area (Å²) >= 11 is 0. The molecule has 2 aliphatic rings. The summed E-state index contributed by atoms with van der Waals surface area (Å²) in [7, 11) is 0. The lowest BCUT2D eigenvalue weighted by atomic mass is 9.87. The molecule has 2 rings (SSSR count). The molecule has 0 aromatic carbocycles. The van der Waals surface area contributed by atoms with E-state index in [-0.39, 0.29) is 0 Å². The Kier molecular flexibility index (Phi) is 5.88. The lowest BCUT2D eigenvalue weighted by Crippen LogP contribution is -2.65.